The fourth-order valence-corrected chi connectivity index (χ4v) is 4.24. The molecule has 5 heteroatoms. The number of ether oxygens (including phenoxy) is 2. The highest BCUT2D eigenvalue weighted by atomic mass is 35.5. The second-order valence-corrected chi connectivity index (χ2v) is 7.53. The van der Waals surface area contributed by atoms with Crippen molar-refractivity contribution in [2.24, 2.45) is 5.92 Å². The number of hydrogen-bond donors (Lipinski definition) is 0. The summed E-state index contributed by atoms with van der Waals surface area (Å²) in [6, 6.07) is 6.63. The lowest BCUT2D eigenvalue weighted by Crippen LogP contribution is -2.45. The SMILES string of the molecule is COCCN1C[C@@H]2CC[C@H]1CN(CCOc1ccc(C)cc1Cl)C2. The van der Waals surface area contributed by atoms with Gasteiger partial charge in [0.25, 0.3) is 0 Å². The topological polar surface area (TPSA) is 24.9 Å². The summed E-state index contributed by atoms with van der Waals surface area (Å²) in [7, 11) is 1.79. The van der Waals surface area contributed by atoms with Crippen LogP contribution in [0.4, 0.5) is 0 Å². The van der Waals surface area contributed by atoms with Gasteiger partial charge in [-0.2, -0.15) is 0 Å². The van der Waals surface area contributed by atoms with Gasteiger partial charge in [0.05, 0.1) is 11.6 Å². The number of hydrogen-bond acceptors (Lipinski definition) is 4. The van der Waals surface area contributed by atoms with Crippen LogP contribution in [0, 0.1) is 12.8 Å². The number of rotatable bonds is 7. The number of nitrogens with zero attached hydrogens (tertiary/aromatic N) is 2. The van der Waals surface area contributed by atoms with Gasteiger partial charge in [0, 0.05) is 45.9 Å². The van der Waals surface area contributed by atoms with Crippen molar-refractivity contribution in [2.75, 3.05) is 53.0 Å². The zero-order valence-corrected chi connectivity index (χ0v) is 15.6. The van der Waals surface area contributed by atoms with Gasteiger partial charge in [-0.05, 0) is 43.4 Å². The van der Waals surface area contributed by atoms with Gasteiger partial charge in [0.2, 0.25) is 0 Å². The molecule has 134 valence electrons. The van der Waals surface area contributed by atoms with E-state index >= 15 is 0 Å². The first-order valence-corrected chi connectivity index (χ1v) is 9.38. The minimum Gasteiger partial charge on any atom is -0.491 e. The molecule has 0 aliphatic carbocycles. The molecule has 2 bridgehead atoms. The standard InChI is InChI=1S/C19H29ClN2O2/c1-15-3-6-19(18(20)11-15)24-10-7-21-12-16-4-5-17(14-21)22(13-16)8-9-23-2/h3,6,11,16-17H,4-5,7-10,12-14H2,1-2H3/t16-,17+/m1/s1. The predicted molar refractivity (Wildman–Crippen MR) is 98.1 cm³/mol. The molecule has 2 atom stereocenters. The van der Waals surface area contributed by atoms with Gasteiger partial charge in [-0.1, -0.05) is 17.7 Å². The average molecular weight is 353 g/mol. The molecule has 3 aliphatic heterocycles. The third kappa shape index (κ3) is 4.63. The molecule has 3 heterocycles. The fourth-order valence-electron chi connectivity index (χ4n) is 3.95. The number of halogens is 1. The molecule has 0 N–H and O–H groups in total. The summed E-state index contributed by atoms with van der Waals surface area (Å²) in [4.78, 5) is 5.19. The molecule has 0 spiro atoms. The summed E-state index contributed by atoms with van der Waals surface area (Å²) in [6.45, 7) is 9.14. The highest BCUT2D eigenvalue weighted by molar-refractivity contribution is 6.32. The van der Waals surface area contributed by atoms with Gasteiger partial charge in [0.15, 0.2) is 0 Å². The van der Waals surface area contributed by atoms with Crippen molar-refractivity contribution in [1.29, 1.82) is 0 Å². The third-order valence-corrected chi connectivity index (χ3v) is 5.53. The Kier molecular flexibility index (Phi) is 6.39. The number of piperidine rings is 1. The van der Waals surface area contributed by atoms with Crippen molar-refractivity contribution in [1.82, 2.24) is 9.80 Å². The van der Waals surface area contributed by atoms with Gasteiger partial charge in [-0.3, -0.25) is 9.80 Å². The molecule has 1 aromatic carbocycles. The Morgan fingerprint density at radius 3 is 2.79 bits per heavy atom. The van der Waals surface area contributed by atoms with E-state index in [1.807, 2.05) is 25.1 Å². The molecule has 0 aromatic heterocycles. The molecular formula is C19H29ClN2O2. The van der Waals surface area contributed by atoms with Crippen LogP contribution in [0.25, 0.3) is 0 Å². The van der Waals surface area contributed by atoms with Crippen LogP contribution in [0.15, 0.2) is 18.2 Å². The van der Waals surface area contributed by atoms with Crippen molar-refractivity contribution in [2.45, 2.75) is 25.8 Å². The van der Waals surface area contributed by atoms with Crippen LogP contribution < -0.4 is 4.74 Å². The molecule has 0 saturated carbocycles. The summed E-state index contributed by atoms with van der Waals surface area (Å²) < 4.78 is 11.2. The molecule has 1 aromatic rings. The Morgan fingerprint density at radius 2 is 2.00 bits per heavy atom. The Morgan fingerprint density at radius 1 is 1.12 bits per heavy atom. The van der Waals surface area contributed by atoms with Gasteiger partial charge in [-0.15, -0.1) is 0 Å². The summed E-state index contributed by atoms with van der Waals surface area (Å²) in [5.74, 6) is 1.57. The molecular weight excluding hydrogens is 324 g/mol. The number of fused-ring (bicyclic) bond motifs is 4. The quantitative estimate of drug-likeness (QED) is 0.753. The second kappa shape index (κ2) is 8.52. The highest BCUT2D eigenvalue weighted by Gasteiger charge is 2.34. The van der Waals surface area contributed by atoms with E-state index in [1.165, 1.54) is 25.9 Å². The van der Waals surface area contributed by atoms with Gasteiger partial charge in [0.1, 0.15) is 12.4 Å². The van der Waals surface area contributed by atoms with E-state index in [1.54, 1.807) is 7.11 Å². The number of aryl methyl sites for hydroxylation is 1. The van der Waals surface area contributed by atoms with E-state index in [-0.39, 0.29) is 0 Å². The van der Waals surface area contributed by atoms with Crippen LogP contribution in [-0.2, 0) is 4.74 Å². The van der Waals surface area contributed by atoms with E-state index in [2.05, 4.69) is 9.80 Å². The van der Waals surface area contributed by atoms with Crippen molar-refractivity contribution >= 4 is 11.6 Å². The molecule has 4 rings (SSSR count). The Labute approximate surface area is 150 Å². The Bertz CT molecular complexity index is 540. The molecule has 3 aliphatic rings. The van der Waals surface area contributed by atoms with E-state index < -0.39 is 0 Å². The van der Waals surface area contributed by atoms with Crippen molar-refractivity contribution < 1.29 is 9.47 Å². The lowest BCUT2D eigenvalue weighted by Gasteiger charge is -2.35. The van der Waals surface area contributed by atoms with Crippen LogP contribution >= 0.6 is 11.6 Å². The summed E-state index contributed by atoms with van der Waals surface area (Å²) in [5.41, 5.74) is 1.16. The maximum absolute atomic E-state index is 6.24. The van der Waals surface area contributed by atoms with Gasteiger partial charge < -0.3 is 9.47 Å². The van der Waals surface area contributed by atoms with Gasteiger partial charge >= 0.3 is 0 Å². The molecule has 3 fully saturated rings. The van der Waals surface area contributed by atoms with E-state index in [9.17, 15) is 0 Å². The van der Waals surface area contributed by atoms with Crippen molar-refractivity contribution in [3.63, 3.8) is 0 Å². The molecule has 0 unspecified atom stereocenters. The van der Waals surface area contributed by atoms with E-state index in [0.717, 1.165) is 43.5 Å². The highest BCUT2D eigenvalue weighted by Crippen LogP contribution is 2.28. The van der Waals surface area contributed by atoms with Crippen LogP contribution in [0.1, 0.15) is 18.4 Å². The molecule has 0 radical (unpaired) electrons. The van der Waals surface area contributed by atoms with E-state index in [0.29, 0.717) is 17.7 Å². The van der Waals surface area contributed by atoms with E-state index in [4.69, 9.17) is 21.1 Å². The lowest BCUT2D eigenvalue weighted by atomic mass is 9.95. The summed E-state index contributed by atoms with van der Waals surface area (Å²) >= 11 is 6.24. The minimum absolute atomic E-state index is 0.668. The Hall–Kier alpha value is -0.810. The Balaban J connectivity index is 1.49. The average Bonchev–Trinajstić information content (AvgIpc) is 2.85. The fraction of sp³-hybridized carbons (Fsp3) is 0.684. The molecule has 3 saturated heterocycles. The van der Waals surface area contributed by atoms with Crippen LogP contribution in [0.5, 0.6) is 5.75 Å². The van der Waals surface area contributed by atoms with Crippen LogP contribution in [0.3, 0.4) is 0 Å². The third-order valence-electron chi connectivity index (χ3n) is 5.24. The molecule has 4 nitrogen and oxygen atoms in total. The first kappa shape index (κ1) is 18.0. The first-order chi connectivity index (χ1) is 11.7. The van der Waals surface area contributed by atoms with Crippen molar-refractivity contribution in [3.05, 3.63) is 28.8 Å². The lowest BCUT2D eigenvalue weighted by molar-refractivity contribution is 0.0865. The zero-order chi connectivity index (χ0) is 16.9. The first-order valence-electron chi connectivity index (χ1n) is 9.00. The normalized spacial score (nSPS) is 25.0. The predicted octanol–water partition coefficient (Wildman–Crippen LogP) is 3.07. The number of methoxy groups -OCH3 is 1. The summed E-state index contributed by atoms with van der Waals surface area (Å²) in [6.07, 6.45) is 2.67. The smallest absolute Gasteiger partial charge is 0.137 e. The van der Waals surface area contributed by atoms with Gasteiger partial charge in [-0.25, -0.2) is 0 Å². The monoisotopic (exact) mass is 352 g/mol. The second-order valence-electron chi connectivity index (χ2n) is 7.13. The maximum Gasteiger partial charge on any atom is 0.137 e. The maximum atomic E-state index is 6.24. The van der Waals surface area contributed by atoms with Crippen LogP contribution in [-0.4, -0.2) is 68.9 Å². The number of benzene rings is 1. The minimum atomic E-state index is 0.668. The summed E-state index contributed by atoms with van der Waals surface area (Å²) in [5, 5.41) is 0.705. The van der Waals surface area contributed by atoms with Crippen molar-refractivity contribution in [3.8, 4) is 5.75 Å². The molecule has 0 amide bonds. The molecule has 24 heavy (non-hydrogen) atoms. The van der Waals surface area contributed by atoms with Crippen LogP contribution in [0.2, 0.25) is 5.02 Å². The largest absolute Gasteiger partial charge is 0.491 e. The zero-order valence-electron chi connectivity index (χ0n) is 14.8.